The van der Waals surface area contributed by atoms with Gasteiger partial charge in [-0.3, -0.25) is 9.59 Å². The highest BCUT2D eigenvalue weighted by molar-refractivity contribution is 9.10. The summed E-state index contributed by atoms with van der Waals surface area (Å²) in [6.45, 7) is 10.2. The number of rotatable bonds is 11. The first kappa shape index (κ1) is 28.5. The van der Waals surface area contributed by atoms with E-state index in [0.29, 0.717) is 18.7 Å². The number of halogens is 1. The zero-order valence-electron chi connectivity index (χ0n) is 22.4. The zero-order valence-corrected chi connectivity index (χ0v) is 24.0. The van der Waals surface area contributed by atoms with Crippen molar-refractivity contribution < 1.29 is 14.3 Å². The minimum atomic E-state index is -0.680. The minimum Gasteiger partial charge on any atom is -0.484 e. The highest BCUT2D eigenvalue weighted by Crippen LogP contribution is 2.26. The molecule has 0 saturated carbocycles. The Bertz CT molecular complexity index is 1190. The number of amides is 2. The Labute approximate surface area is 229 Å². The molecule has 0 aromatic heterocycles. The van der Waals surface area contributed by atoms with E-state index >= 15 is 0 Å². The van der Waals surface area contributed by atoms with Crippen LogP contribution < -0.4 is 10.1 Å². The molecule has 5 nitrogen and oxygen atoms in total. The quantitative estimate of drug-likeness (QED) is 0.297. The first-order valence-corrected chi connectivity index (χ1v) is 13.6. The molecular weight excluding hydrogens is 528 g/mol. The van der Waals surface area contributed by atoms with E-state index in [-0.39, 0.29) is 24.5 Å². The molecule has 3 aromatic carbocycles. The van der Waals surface area contributed by atoms with Gasteiger partial charge < -0.3 is 15.0 Å². The molecule has 6 heteroatoms. The van der Waals surface area contributed by atoms with E-state index in [9.17, 15) is 9.59 Å². The summed E-state index contributed by atoms with van der Waals surface area (Å²) < 4.78 is 7.00. The average Bonchev–Trinajstić information content (AvgIpc) is 2.89. The number of benzene rings is 3. The SMILES string of the molecule is CC[C@@H](C)NC(=O)[C@H](Cc1ccccc1)N(Cc1ccccc1C)C(=O)COc1cc(C)c(Br)c(C)c1. The van der Waals surface area contributed by atoms with Gasteiger partial charge in [-0.05, 0) is 74.1 Å². The van der Waals surface area contributed by atoms with Crippen LogP contribution in [0.15, 0.2) is 71.2 Å². The summed E-state index contributed by atoms with van der Waals surface area (Å²) in [5.41, 5.74) is 5.14. The Kier molecular flexibility index (Phi) is 10.3. The van der Waals surface area contributed by atoms with Crippen LogP contribution in [-0.2, 0) is 22.6 Å². The van der Waals surface area contributed by atoms with E-state index in [1.165, 1.54) is 0 Å². The van der Waals surface area contributed by atoms with E-state index in [0.717, 1.165) is 38.7 Å². The number of carbonyl (C=O) groups is 2. The molecule has 0 aliphatic rings. The number of nitrogens with zero attached hydrogens (tertiary/aromatic N) is 1. The van der Waals surface area contributed by atoms with Crippen molar-refractivity contribution >= 4 is 27.7 Å². The van der Waals surface area contributed by atoms with Crippen LogP contribution in [0.25, 0.3) is 0 Å². The maximum atomic E-state index is 13.8. The number of aryl methyl sites for hydroxylation is 3. The maximum absolute atomic E-state index is 13.8. The average molecular weight is 566 g/mol. The van der Waals surface area contributed by atoms with Crippen LogP contribution >= 0.6 is 15.9 Å². The molecule has 3 rings (SSSR count). The normalized spacial score (nSPS) is 12.5. The van der Waals surface area contributed by atoms with Crippen LogP contribution in [0, 0.1) is 20.8 Å². The Morgan fingerprint density at radius 3 is 2.19 bits per heavy atom. The molecule has 0 aliphatic heterocycles. The van der Waals surface area contributed by atoms with Crippen molar-refractivity contribution in [1.82, 2.24) is 10.2 Å². The maximum Gasteiger partial charge on any atom is 0.261 e. The molecule has 1 N–H and O–H groups in total. The lowest BCUT2D eigenvalue weighted by atomic mass is 10.0. The number of hydrogen-bond donors (Lipinski definition) is 1. The van der Waals surface area contributed by atoms with E-state index in [2.05, 4.69) is 21.2 Å². The molecule has 37 heavy (non-hydrogen) atoms. The lowest BCUT2D eigenvalue weighted by Gasteiger charge is -2.32. The Morgan fingerprint density at radius 2 is 1.57 bits per heavy atom. The van der Waals surface area contributed by atoms with Gasteiger partial charge >= 0.3 is 0 Å². The molecule has 0 spiro atoms. The summed E-state index contributed by atoms with van der Waals surface area (Å²) in [6, 6.07) is 20.9. The van der Waals surface area contributed by atoms with Gasteiger partial charge in [0.15, 0.2) is 6.61 Å². The van der Waals surface area contributed by atoms with Crippen molar-refractivity contribution in [3.8, 4) is 5.75 Å². The number of ether oxygens (including phenoxy) is 1. The van der Waals surface area contributed by atoms with E-state index in [1.807, 2.05) is 101 Å². The molecule has 0 fully saturated rings. The van der Waals surface area contributed by atoms with Gasteiger partial charge in [-0.1, -0.05) is 77.5 Å². The standard InChI is InChI=1S/C31H37BrN2O3/c1-6-24(5)33-31(36)28(18-25-13-8-7-9-14-25)34(19-26-15-11-10-12-21(26)2)29(35)20-37-27-16-22(3)30(32)23(4)17-27/h7-17,24,28H,6,18-20H2,1-5H3,(H,33,36)/t24-,28+/m1/s1. The fourth-order valence-corrected chi connectivity index (χ4v) is 4.41. The molecule has 2 amide bonds. The van der Waals surface area contributed by atoms with Crippen molar-refractivity contribution in [1.29, 1.82) is 0 Å². The summed E-state index contributed by atoms with van der Waals surface area (Å²) in [5, 5.41) is 3.10. The molecule has 0 saturated heterocycles. The van der Waals surface area contributed by atoms with Crippen LogP contribution in [0.2, 0.25) is 0 Å². The molecule has 2 atom stereocenters. The third kappa shape index (κ3) is 7.93. The van der Waals surface area contributed by atoms with E-state index < -0.39 is 6.04 Å². The molecular formula is C31H37BrN2O3. The van der Waals surface area contributed by atoms with Gasteiger partial charge in [-0.25, -0.2) is 0 Å². The second-order valence-electron chi connectivity index (χ2n) is 9.63. The second-order valence-corrected chi connectivity index (χ2v) is 10.4. The molecule has 0 heterocycles. The van der Waals surface area contributed by atoms with Crippen LogP contribution in [0.1, 0.15) is 48.1 Å². The molecule has 0 radical (unpaired) electrons. The first-order valence-electron chi connectivity index (χ1n) is 12.8. The van der Waals surface area contributed by atoms with Gasteiger partial charge in [-0.15, -0.1) is 0 Å². The van der Waals surface area contributed by atoms with Gasteiger partial charge in [0, 0.05) is 23.5 Å². The number of nitrogens with one attached hydrogen (secondary N) is 1. The van der Waals surface area contributed by atoms with Crippen molar-refractivity contribution in [2.45, 2.75) is 66.1 Å². The molecule has 196 valence electrons. The topological polar surface area (TPSA) is 58.6 Å². The van der Waals surface area contributed by atoms with Gasteiger partial charge in [0.25, 0.3) is 5.91 Å². The number of hydrogen-bond acceptors (Lipinski definition) is 3. The fraction of sp³-hybridized carbons (Fsp3) is 0.355. The van der Waals surface area contributed by atoms with E-state index in [4.69, 9.17) is 4.74 Å². The lowest BCUT2D eigenvalue weighted by Crippen LogP contribution is -2.53. The Balaban J connectivity index is 1.94. The summed E-state index contributed by atoms with van der Waals surface area (Å²) in [4.78, 5) is 29.0. The summed E-state index contributed by atoms with van der Waals surface area (Å²) in [6.07, 6.45) is 1.22. The number of carbonyl (C=O) groups excluding carboxylic acids is 2. The van der Waals surface area contributed by atoms with Gasteiger partial charge in [-0.2, -0.15) is 0 Å². The van der Waals surface area contributed by atoms with Crippen LogP contribution in [0.5, 0.6) is 5.75 Å². The molecule has 0 bridgehead atoms. The van der Waals surface area contributed by atoms with Crippen LogP contribution in [0.4, 0.5) is 0 Å². The smallest absolute Gasteiger partial charge is 0.261 e. The lowest BCUT2D eigenvalue weighted by molar-refractivity contribution is -0.143. The van der Waals surface area contributed by atoms with Crippen LogP contribution in [0.3, 0.4) is 0 Å². The minimum absolute atomic E-state index is 0.00570. The molecule has 3 aromatic rings. The fourth-order valence-electron chi connectivity index (χ4n) is 4.18. The third-order valence-corrected chi connectivity index (χ3v) is 7.90. The van der Waals surface area contributed by atoms with E-state index in [1.54, 1.807) is 4.90 Å². The van der Waals surface area contributed by atoms with Crippen molar-refractivity contribution in [2.24, 2.45) is 0 Å². The van der Waals surface area contributed by atoms with Crippen molar-refractivity contribution in [3.63, 3.8) is 0 Å². The van der Waals surface area contributed by atoms with Gasteiger partial charge in [0.1, 0.15) is 11.8 Å². The molecule has 0 unspecified atom stereocenters. The zero-order chi connectivity index (χ0) is 26.9. The Hall–Kier alpha value is -3.12. The Morgan fingerprint density at radius 1 is 0.946 bits per heavy atom. The second kappa shape index (κ2) is 13.4. The molecule has 0 aliphatic carbocycles. The third-order valence-electron chi connectivity index (χ3n) is 6.65. The van der Waals surface area contributed by atoms with Crippen molar-refractivity contribution in [3.05, 3.63) is 99.0 Å². The first-order chi connectivity index (χ1) is 17.7. The monoisotopic (exact) mass is 564 g/mol. The largest absolute Gasteiger partial charge is 0.484 e. The van der Waals surface area contributed by atoms with Gasteiger partial charge in [0.05, 0.1) is 0 Å². The highest BCUT2D eigenvalue weighted by Gasteiger charge is 2.31. The summed E-state index contributed by atoms with van der Waals surface area (Å²) >= 11 is 3.58. The predicted molar refractivity (Wildman–Crippen MR) is 153 cm³/mol. The van der Waals surface area contributed by atoms with Crippen molar-refractivity contribution in [2.75, 3.05) is 6.61 Å². The summed E-state index contributed by atoms with van der Waals surface area (Å²) in [7, 11) is 0. The predicted octanol–water partition coefficient (Wildman–Crippen LogP) is 6.31. The highest BCUT2D eigenvalue weighted by atomic mass is 79.9. The summed E-state index contributed by atoms with van der Waals surface area (Å²) in [5.74, 6) is 0.239. The van der Waals surface area contributed by atoms with Gasteiger partial charge in [0.2, 0.25) is 5.91 Å². The van der Waals surface area contributed by atoms with Crippen LogP contribution in [-0.4, -0.2) is 35.4 Å².